The van der Waals surface area contributed by atoms with Crippen molar-refractivity contribution in [2.75, 3.05) is 10.0 Å². The lowest BCUT2D eigenvalue weighted by Gasteiger charge is -2.09. The van der Waals surface area contributed by atoms with Crippen molar-refractivity contribution in [3.05, 3.63) is 83.0 Å². The summed E-state index contributed by atoms with van der Waals surface area (Å²) in [5.74, 6) is -1.08. The van der Waals surface area contributed by atoms with Gasteiger partial charge in [0.15, 0.2) is 0 Å². The monoisotopic (exact) mass is 390 g/mol. The van der Waals surface area contributed by atoms with Crippen LogP contribution in [0.5, 0.6) is 0 Å². The van der Waals surface area contributed by atoms with Crippen LogP contribution in [-0.2, 0) is 15.8 Å². The molecule has 0 fully saturated rings. The smallest absolute Gasteiger partial charge is 0.258 e. The molecule has 0 unspecified atom stereocenters. The predicted octanol–water partition coefficient (Wildman–Crippen LogP) is 4.08. The van der Waals surface area contributed by atoms with Crippen LogP contribution in [0.1, 0.15) is 15.9 Å². The second-order valence-electron chi connectivity index (χ2n) is 5.47. The SMILES string of the molecule is O=C(Nc1ccc(F)cc1)c1ccsc1NS(=O)(=O)Cc1ccccc1. The zero-order chi connectivity index (χ0) is 18.6. The highest BCUT2D eigenvalue weighted by Crippen LogP contribution is 2.26. The van der Waals surface area contributed by atoms with Crippen LogP contribution in [-0.4, -0.2) is 14.3 Å². The molecule has 3 aromatic rings. The molecule has 0 atom stereocenters. The highest BCUT2D eigenvalue weighted by atomic mass is 32.2. The van der Waals surface area contributed by atoms with Gasteiger partial charge in [0.05, 0.1) is 11.3 Å². The number of anilines is 2. The first-order chi connectivity index (χ1) is 12.4. The fourth-order valence-electron chi connectivity index (χ4n) is 2.27. The number of hydrogen-bond donors (Lipinski definition) is 2. The van der Waals surface area contributed by atoms with Crippen molar-refractivity contribution in [2.24, 2.45) is 0 Å². The quantitative estimate of drug-likeness (QED) is 0.666. The second kappa shape index (κ2) is 7.67. The highest BCUT2D eigenvalue weighted by molar-refractivity contribution is 7.92. The number of halogens is 1. The van der Waals surface area contributed by atoms with Crippen LogP contribution >= 0.6 is 11.3 Å². The molecule has 0 aliphatic carbocycles. The van der Waals surface area contributed by atoms with E-state index in [0.29, 0.717) is 11.3 Å². The number of hydrogen-bond acceptors (Lipinski definition) is 4. The second-order valence-corrected chi connectivity index (χ2v) is 8.11. The number of rotatable bonds is 6. The summed E-state index contributed by atoms with van der Waals surface area (Å²) in [6, 6.07) is 15.6. The molecule has 0 saturated carbocycles. The van der Waals surface area contributed by atoms with Crippen LogP contribution in [0.15, 0.2) is 66.0 Å². The van der Waals surface area contributed by atoms with E-state index in [-0.39, 0.29) is 16.3 Å². The van der Waals surface area contributed by atoms with Crippen molar-refractivity contribution in [2.45, 2.75) is 5.75 Å². The maximum atomic E-state index is 12.9. The Labute approximate surface area is 154 Å². The van der Waals surface area contributed by atoms with Gasteiger partial charge < -0.3 is 5.32 Å². The van der Waals surface area contributed by atoms with Crippen molar-refractivity contribution in [3.63, 3.8) is 0 Å². The summed E-state index contributed by atoms with van der Waals surface area (Å²) < 4.78 is 40.1. The van der Waals surface area contributed by atoms with Crippen LogP contribution in [0, 0.1) is 5.82 Å². The van der Waals surface area contributed by atoms with E-state index in [1.807, 2.05) is 0 Å². The lowest BCUT2D eigenvalue weighted by molar-refractivity contribution is 0.102. The third kappa shape index (κ3) is 4.68. The lowest BCUT2D eigenvalue weighted by Crippen LogP contribution is -2.18. The Morgan fingerprint density at radius 1 is 1.00 bits per heavy atom. The van der Waals surface area contributed by atoms with E-state index < -0.39 is 21.7 Å². The van der Waals surface area contributed by atoms with Gasteiger partial charge in [-0.05, 0) is 41.3 Å². The Hall–Kier alpha value is -2.71. The molecule has 3 rings (SSSR count). The molecule has 0 aliphatic heterocycles. The van der Waals surface area contributed by atoms with Crippen molar-refractivity contribution < 1.29 is 17.6 Å². The average Bonchev–Trinajstić information content (AvgIpc) is 3.05. The number of sulfonamides is 1. The van der Waals surface area contributed by atoms with Gasteiger partial charge in [-0.2, -0.15) is 0 Å². The molecular formula is C18H15FN2O3S2. The zero-order valence-corrected chi connectivity index (χ0v) is 15.1. The number of thiophene rings is 1. The first kappa shape index (κ1) is 18.1. The van der Waals surface area contributed by atoms with Gasteiger partial charge in [0.25, 0.3) is 5.91 Å². The molecule has 2 N–H and O–H groups in total. The fourth-order valence-corrected chi connectivity index (χ4v) is 4.57. The summed E-state index contributed by atoms with van der Waals surface area (Å²) in [4.78, 5) is 12.4. The lowest BCUT2D eigenvalue weighted by atomic mass is 10.2. The minimum atomic E-state index is -3.66. The van der Waals surface area contributed by atoms with Crippen molar-refractivity contribution in [1.29, 1.82) is 0 Å². The summed E-state index contributed by atoms with van der Waals surface area (Å²) in [6.07, 6.45) is 0. The molecule has 1 aromatic heterocycles. The average molecular weight is 390 g/mol. The van der Waals surface area contributed by atoms with E-state index >= 15 is 0 Å². The van der Waals surface area contributed by atoms with Crippen molar-refractivity contribution in [3.8, 4) is 0 Å². The third-order valence-electron chi connectivity index (χ3n) is 3.46. The van der Waals surface area contributed by atoms with Gasteiger partial charge in [-0.1, -0.05) is 30.3 Å². The first-order valence-electron chi connectivity index (χ1n) is 7.62. The maximum absolute atomic E-state index is 12.9. The van der Waals surface area contributed by atoms with Crippen molar-refractivity contribution >= 4 is 38.0 Å². The van der Waals surface area contributed by atoms with E-state index in [0.717, 1.165) is 11.3 Å². The molecule has 8 heteroatoms. The van der Waals surface area contributed by atoms with Gasteiger partial charge in [0.2, 0.25) is 10.0 Å². The van der Waals surface area contributed by atoms with E-state index in [1.165, 1.54) is 30.3 Å². The van der Waals surface area contributed by atoms with Gasteiger partial charge in [-0.3, -0.25) is 9.52 Å². The first-order valence-corrected chi connectivity index (χ1v) is 10.1. The molecule has 0 radical (unpaired) electrons. The topological polar surface area (TPSA) is 75.3 Å². The van der Waals surface area contributed by atoms with Gasteiger partial charge >= 0.3 is 0 Å². The number of nitrogens with one attached hydrogen (secondary N) is 2. The Bertz CT molecular complexity index is 1000. The van der Waals surface area contributed by atoms with Crippen LogP contribution in [0.4, 0.5) is 15.1 Å². The summed E-state index contributed by atoms with van der Waals surface area (Å²) in [5, 5.41) is 4.48. The van der Waals surface area contributed by atoms with Crippen LogP contribution < -0.4 is 10.0 Å². The molecule has 5 nitrogen and oxygen atoms in total. The molecule has 134 valence electrons. The van der Waals surface area contributed by atoms with Gasteiger partial charge in [-0.25, -0.2) is 12.8 Å². The number of benzene rings is 2. The fraction of sp³-hybridized carbons (Fsp3) is 0.0556. The minimum Gasteiger partial charge on any atom is -0.322 e. The van der Waals surface area contributed by atoms with Crippen molar-refractivity contribution in [1.82, 2.24) is 0 Å². The molecule has 1 amide bonds. The minimum absolute atomic E-state index is 0.190. The number of amides is 1. The van der Waals surface area contributed by atoms with E-state index in [9.17, 15) is 17.6 Å². The van der Waals surface area contributed by atoms with Crippen LogP contribution in [0.3, 0.4) is 0 Å². The standard InChI is InChI=1S/C18H15FN2O3S2/c19-14-6-8-15(9-7-14)20-17(22)16-10-11-25-18(16)21-26(23,24)12-13-4-2-1-3-5-13/h1-11,21H,12H2,(H,20,22). The molecule has 0 spiro atoms. The molecular weight excluding hydrogens is 375 g/mol. The van der Waals surface area contributed by atoms with Crippen LogP contribution in [0.25, 0.3) is 0 Å². The zero-order valence-electron chi connectivity index (χ0n) is 13.5. The third-order valence-corrected chi connectivity index (χ3v) is 5.65. The van der Waals surface area contributed by atoms with Gasteiger partial charge in [-0.15, -0.1) is 11.3 Å². The molecule has 26 heavy (non-hydrogen) atoms. The summed E-state index contributed by atoms with van der Waals surface area (Å²) in [5.41, 5.74) is 1.27. The molecule has 0 aliphatic rings. The predicted molar refractivity (Wildman–Crippen MR) is 101 cm³/mol. The molecule has 1 heterocycles. The van der Waals surface area contributed by atoms with Gasteiger partial charge in [0.1, 0.15) is 10.8 Å². The van der Waals surface area contributed by atoms with Gasteiger partial charge in [0, 0.05) is 5.69 Å². The van der Waals surface area contributed by atoms with E-state index in [4.69, 9.17) is 0 Å². The maximum Gasteiger partial charge on any atom is 0.258 e. The van der Waals surface area contributed by atoms with Crippen LogP contribution in [0.2, 0.25) is 0 Å². The Kier molecular flexibility index (Phi) is 5.34. The van der Waals surface area contributed by atoms with E-state index in [1.54, 1.807) is 35.7 Å². The molecule has 0 bridgehead atoms. The summed E-state index contributed by atoms with van der Waals surface area (Å²) >= 11 is 1.12. The number of carbonyl (C=O) groups is 1. The summed E-state index contributed by atoms with van der Waals surface area (Å²) in [7, 11) is -3.66. The Morgan fingerprint density at radius 2 is 1.69 bits per heavy atom. The highest BCUT2D eigenvalue weighted by Gasteiger charge is 2.19. The summed E-state index contributed by atoms with van der Waals surface area (Å²) in [6.45, 7) is 0. The number of carbonyl (C=O) groups excluding carboxylic acids is 1. The normalized spacial score (nSPS) is 11.1. The van der Waals surface area contributed by atoms with E-state index in [2.05, 4.69) is 10.0 Å². The Morgan fingerprint density at radius 3 is 2.38 bits per heavy atom. The largest absolute Gasteiger partial charge is 0.322 e. The molecule has 0 saturated heterocycles. The molecule has 2 aromatic carbocycles. The Balaban J connectivity index is 1.73.